The van der Waals surface area contributed by atoms with Crippen molar-refractivity contribution in [1.82, 2.24) is 0 Å². The Morgan fingerprint density at radius 1 is 1.54 bits per heavy atom. The van der Waals surface area contributed by atoms with E-state index in [2.05, 4.69) is 4.74 Å². The molecule has 0 heterocycles. The molecule has 0 fully saturated rings. The van der Waals surface area contributed by atoms with Gasteiger partial charge in [-0.25, -0.2) is 4.79 Å². The normalized spacial score (nSPS) is 9.69. The average molecular weight is 182 g/mol. The van der Waals surface area contributed by atoms with Gasteiger partial charge in [0.1, 0.15) is 11.3 Å². The lowest BCUT2D eigenvalue weighted by Gasteiger charge is -2.05. The Labute approximate surface area is 75.4 Å². The summed E-state index contributed by atoms with van der Waals surface area (Å²) in [5.41, 5.74) is 0.372. The number of methoxy groups -OCH3 is 1. The molecule has 1 aromatic carbocycles. The van der Waals surface area contributed by atoms with E-state index in [-0.39, 0.29) is 17.9 Å². The van der Waals surface area contributed by atoms with Gasteiger partial charge >= 0.3 is 5.97 Å². The van der Waals surface area contributed by atoms with Crippen molar-refractivity contribution < 1.29 is 19.7 Å². The van der Waals surface area contributed by atoms with Crippen LogP contribution in [0.25, 0.3) is 0 Å². The maximum Gasteiger partial charge on any atom is 0.341 e. The lowest BCUT2D eigenvalue weighted by molar-refractivity contribution is 0.0597. The second kappa shape index (κ2) is 3.91. The summed E-state index contributed by atoms with van der Waals surface area (Å²) < 4.78 is 4.44. The molecule has 0 radical (unpaired) electrons. The van der Waals surface area contributed by atoms with E-state index in [9.17, 15) is 9.90 Å². The molecule has 13 heavy (non-hydrogen) atoms. The van der Waals surface area contributed by atoms with Crippen molar-refractivity contribution in [3.05, 3.63) is 29.3 Å². The van der Waals surface area contributed by atoms with Crippen molar-refractivity contribution in [3.8, 4) is 5.75 Å². The van der Waals surface area contributed by atoms with E-state index in [0.717, 1.165) is 0 Å². The summed E-state index contributed by atoms with van der Waals surface area (Å²) in [6.45, 7) is -0.309. The van der Waals surface area contributed by atoms with Gasteiger partial charge in [0, 0.05) is 5.56 Å². The van der Waals surface area contributed by atoms with Crippen molar-refractivity contribution in [2.75, 3.05) is 7.11 Å². The molecule has 0 saturated carbocycles. The number of carbonyl (C=O) groups excluding carboxylic acids is 1. The summed E-state index contributed by atoms with van der Waals surface area (Å²) in [6, 6.07) is 4.53. The summed E-state index contributed by atoms with van der Waals surface area (Å²) in [5.74, 6) is -0.843. The Morgan fingerprint density at radius 2 is 2.23 bits per heavy atom. The molecule has 0 aliphatic heterocycles. The van der Waals surface area contributed by atoms with Crippen LogP contribution in [0.2, 0.25) is 0 Å². The number of hydrogen-bond donors (Lipinski definition) is 2. The van der Waals surface area contributed by atoms with Crippen LogP contribution >= 0.6 is 0 Å². The molecule has 4 nitrogen and oxygen atoms in total. The molecular formula is C9H10O4. The topological polar surface area (TPSA) is 66.8 Å². The number of rotatable bonds is 2. The Kier molecular flexibility index (Phi) is 2.87. The minimum Gasteiger partial charge on any atom is -0.507 e. The van der Waals surface area contributed by atoms with Gasteiger partial charge in [-0.1, -0.05) is 12.1 Å². The predicted octanol–water partition coefficient (Wildman–Crippen LogP) is 0.671. The summed E-state index contributed by atoms with van der Waals surface area (Å²) in [6.07, 6.45) is 0. The highest BCUT2D eigenvalue weighted by atomic mass is 16.5. The summed E-state index contributed by atoms with van der Waals surface area (Å²) in [7, 11) is 1.23. The molecule has 0 aliphatic rings. The Hall–Kier alpha value is -1.55. The molecule has 0 unspecified atom stereocenters. The molecule has 0 aromatic heterocycles. The molecule has 1 aromatic rings. The number of benzene rings is 1. The Bertz CT molecular complexity index is 319. The van der Waals surface area contributed by atoms with Gasteiger partial charge < -0.3 is 14.9 Å². The molecule has 1 rings (SSSR count). The second-order valence-corrected chi connectivity index (χ2v) is 2.46. The summed E-state index contributed by atoms with van der Waals surface area (Å²) in [4.78, 5) is 11.0. The van der Waals surface area contributed by atoms with Crippen LogP contribution in [-0.2, 0) is 11.3 Å². The van der Waals surface area contributed by atoms with E-state index in [1.165, 1.54) is 19.2 Å². The van der Waals surface area contributed by atoms with Gasteiger partial charge in [-0.05, 0) is 6.07 Å². The van der Waals surface area contributed by atoms with Gasteiger partial charge in [-0.2, -0.15) is 0 Å². The van der Waals surface area contributed by atoms with Crippen LogP contribution in [0.3, 0.4) is 0 Å². The smallest absolute Gasteiger partial charge is 0.341 e. The number of phenols is 1. The Balaban J connectivity index is 3.15. The quantitative estimate of drug-likeness (QED) is 0.660. The van der Waals surface area contributed by atoms with E-state index >= 15 is 0 Å². The van der Waals surface area contributed by atoms with E-state index < -0.39 is 5.97 Å². The highest BCUT2D eigenvalue weighted by Gasteiger charge is 2.13. The number of aliphatic hydroxyl groups excluding tert-OH is 1. The fourth-order valence-corrected chi connectivity index (χ4v) is 0.994. The fraction of sp³-hybridized carbons (Fsp3) is 0.222. The van der Waals surface area contributed by atoms with Gasteiger partial charge in [0.05, 0.1) is 13.7 Å². The minimum absolute atomic E-state index is 0.0639. The monoisotopic (exact) mass is 182 g/mol. The standard InChI is InChI=1S/C9H10O4/c1-13-9(12)7-4-2-3-6(5-10)8(7)11/h2-4,10-11H,5H2,1H3. The number of aromatic hydroxyl groups is 1. The van der Waals surface area contributed by atoms with Crippen LogP contribution < -0.4 is 0 Å². The third-order valence-corrected chi connectivity index (χ3v) is 1.70. The van der Waals surface area contributed by atoms with Crippen molar-refractivity contribution in [3.63, 3.8) is 0 Å². The highest BCUT2D eigenvalue weighted by molar-refractivity contribution is 5.92. The number of ether oxygens (including phenoxy) is 1. The van der Waals surface area contributed by atoms with Gasteiger partial charge in [0.15, 0.2) is 0 Å². The van der Waals surface area contributed by atoms with Crippen molar-refractivity contribution in [2.24, 2.45) is 0 Å². The lowest BCUT2D eigenvalue weighted by Crippen LogP contribution is -2.02. The third kappa shape index (κ3) is 1.78. The molecule has 4 heteroatoms. The maximum atomic E-state index is 11.0. The number of aliphatic hydroxyl groups is 1. The van der Waals surface area contributed by atoms with Crippen LogP contribution in [0, 0.1) is 0 Å². The first-order chi connectivity index (χ1) is 6.20. The SMILES string of the molecule is COC(=O)c1cccc(CO)c1O. The second-order valence-electron chi connectivity index (χ2n) is 2.46. The average Bonchev–Trinajstić information content (AvgIpc) is 2.17. The molecule has 0 saturated heterocycles. The fourth-order valence-electron chi connectivity index (χ4n) is 0.994. The van der Waals surface area contributed by atoms with E-state index in [1.54, 1.807) is 6.07 Å². The van der Waals surface area contributed by atoms with Crippen molar-refractivity contribution in [1.29, 1.82) is 0 Å². The first kappa shape index (κ1) is 9.54. The summed E-state index contributed by atoms with van der Waals surface area (Å²) in [5, 5.41) is 18.2. The van der Waals surface area contributed by atoms with Crippen LogP contribution in [-0.4, -0.2) is 23.3 Å². The molecular weight excluding hydrogens is 172 g/mol. The van der Waals surface area contributed by atoms with Crippen LogP contribution in [0.5, 0.6) is 5.75 Å². The largest absolute Gasteiger partial charge is 0.507 e. The van der Waals surface area contributed by atoms with Crippen molar-refractivity contribution in [2.45, 2.75) is 6.61 Å². The Morgan fingerprint density at radius 3 is 2.77 bits per heavy atom. The van der Waals surface area contributed by atoms with Gasteiger partial charge in [-0.3, -0.25) is 0 Å². The first-order valence-electron chi connectivity index (χ1n) is 3.70. The molecule has 2 N–H and O–H groups in total. The first-order valence-corrected chi connectivity index (χ1v) is 3.70. The van der Waals surface area contributed by atoms with Gasteiger partial charge in [0.25, 0.3) is 0 Å². The van der Waals surface area contributed by atoms with Crippen LogP contribution in [0.1, 0.15) is 15.9 Å². The molecule has 70 valence electrons. The van der Waals surface area contributed by atoms with Crippen LogP contribution in [0.4, 0.5) is 0 Å². The molecule has 0 spiro atoms. The van der Waals surface area contributed by atoms with E-state index in [4.69, 9.17) is 5.11 Å². The van der Waals surface area contributed by atoms with Gasteiger partial charge in [-0.15, -0.1) is 0 Å². The molecule has 0 amide bonds. The molecule has 0 bridgehead atoms. The van der Waals surface area contributed by atoms with E-state index in [1.807, 2.05) is 0 Å². The van der Waals surface area contributed by atoms with Crippen LogP contribution in [0.15, 0.2) is 18.2 Å². The zero-order valence-electron chi connectivity index (χ0n) is 7.15. The van der Waals surface area contributed by atoms with Gasteiger partial charge in [0.2, 0.25) is 0 Å². The maximum absolute atomic E-state index is 11.0. The third-order valence-electron chi connectivity index (χ3n) is 1.70. The molecule has 0 aliphatic carbocycles. The van der Waals surface area contributed by atoms with E-state index in [0.29, 0.717) is 5.56 Å². The highest BCUT2D eigenvalue weighted by Crippen LogP contribution is 2.22. The summed E-state index contributed by atoms with van der Waals surface area (Å²) >= 11 is 0. The number of esters is 1. The predicted molar refractivity (Wildman–Crippen MR) is 45.4 cm³/mol. The molecule has 0 atom stereocenters. The number of hydrogen-bond acceptors (Lipinski definition) is 4. The number of carbonyl (C=O) groups is 1. The van der Waals surface area contributed by atoms with Crippen molar-refractivity contribution >= 4 is 5.97 Å². The number of para-hydroxylation sites is 1. The zero-order valence-corrected chi connectivity index (χ0v) is 7.15. The zero-order chi connectivity index (χ0) is 9.84. The lowest BCUT2D eigenvalue weighted by atomic mass is 10.1. The minimum atomic E-state index is -0.618.